The second-order valence-corrected chi connectivity index (χ2v) is 7.48. The van der Waals surface area contributed by atoms with Gasteiger partial charge in [-0.1, -0.05) is 18.2 Å². The molecule has 1 aliphatic heterocycles. The van der Waals surface area contributed by atoms with E-state index in [0.29, 0.717) is 37.8 Å². The molecular formula is C24H34FIN4O3. The summed E-state index contributed by atoms with van der Waals surface area (Å²) in [6.07, 6.45) is 0. The van der Waals surface area contributed by atoms with Gasteiger partial charge in [-0.15, -0.1) is 24.0 Å². The van der Waals surface area contributed by atoms with E-state index in [4.69, 9.17) is 14.2 Å². The van der Waals surface area contributed by atoms with Gasteiger partial charge in [0.2, 0.25) is 0 Å². The molecule has 0 bridgehead atoms. The second kappa shape index (κ2) is 14.2. The first-order chi connectivity index (χ1) is 15.6. The lowest BCUT2D eigenvalue weighted by molar-refractivity contribution is 0.0169. The van der Waals surface area contributed by atoms with E-state index in [1.807, 2.05) is 19.1 Å². The van der Waals surface area contributed by atoms with Crippen molar-refractivity contribution in [3.63, 3.8) is 0 Å². The van der Waals surface area contributed by atoms with Gasteiger partial charge in [0.1, 0.15) is 5.82 Å². The van der Waals surface area contributed by atoms with Gasteiger partial charge < -0.3 is 24.8 Å². The average molecular weight is 572 g/mol. The number of hydrogen-bond acceptors (Lipinski definition) is 5. The predicted molar refractivity (Wildman–Crippen MR) is 139 cm³/mol. The first-order valence-corrected chi connectivity index (χ1v) is 10.9. The third kappa shape index (κ3) is 8.01. The zero-order valence-corrected chi connectivity index (χ0v) is 21.8. The first-order valence-electron chi connectivity index (χ1n) is 10.9. The van der Waals surface area contributed by atoms with E-state index >= 15 is 0 Å². The van der Waals surface area contributed by atoms with E-state index < -0.39 is 0 Å². The molecule has 33 heavy (non-hydrogen) atoms. The van der Waals surface area contributed by atoms with E-state index in [9.17, 15) is 4.39 Å². The minimum Gasteiger partial charge on any atom is -0.493 e. The van der Waals surface area contributed by atoms with E-state index in [2.05, 4.69) is 26.6 Å². The maximum Gasteiger partial charge on any atom is 0.191 e. The minimum absolute atomic E-state index is 0. The number of halogens is 2. The number of methoxy groups -OCH3 is 2. The van der Waals surface area contributed by atoms with Gasteiger partial charge in [-0.25, -0.2) is 9.38 Å². The number of nitrogens with one attached hydrogen (secondary N) is 2. The maximum atomic E-state index is 13.2. The maximum absolute atomic E-state index is 13.2. The highest BCUT2D eigenvalue weighted by molar-refractivity contribution is 14.0. The van der Waals surface area contributed by atoms with Crippen molar-refractivity contribution in [2.24, 2.45) is 4.99 Å². The zero-order valence-electron chi connectivity index (χ0n) is 19.5. The summed E-state index contributed by atoms with van der Waals surface area (Å²) < 4.78 is 29.6. The summed E-state index contributed by atoms with van der Waals surface area (Å²) in [5, 5.41) is 6.77. The molecule has 3 rings (SSSR count). The lowest BCUT2D eigenvalue weighted by Crippen LogP contribution is -2.46. The van der Waals surface area contributed by atoms with Crippen LogP contribution in [0.15, 0.2) is 47.5 Å². The van der Waals surface area contributed by atoms with Crippen LogP contribution in [-0.4, -0.2) is 64.5 Å². The molecule has 7 nitrogen and oxygen atoms in total. The van der Waals surface area contributed by atoms with Crippen LogP contribution in [0.3, 0.4) is 0 Å². The average Bonchev–Trinajstić information content (AvgIpc) is 2.84. The van der Waals surface area contributed by atoms with Gasteiger partial charge >= 0.3 is 0 Å². The summed E-state index contributed by atoms with van der Waals surface area (Å²) in [5.41, 5.74) is 2.08. The van der Waals surface area contributed by atoms with Crippen molar-refractivity contribution in [3.05, 3.63) is 59.4 Å². The second-order valence-electron chi connectivity index (χ2n) is 7.48. The molecule has 1 aliphatic rings. The molecule has 182 valence electrons. The van der Waals surface area contributed by atoms with E-state index in [0.717, 1.165) is 36.7 Å². The van der Waals surface area contributed by atoms with Crippen molar-refractivity contribution in [1.82, 2.24) is 15.5 Å². The standard InChI is InChI=1S/C24H33FN4O3.HI/c1-4-26-24(27-16-18-5-8-20(25)9-6-18)28-17-21(29-11-13-32-14-12-29)19-7-10-22(30-2)23(15-19)31-3;/h5-10,15,21H,4,11-14,16-17H2,1-3H3,(H2,26,27,28);1H. The topological polar surface area (TPSA) is 67.4 Å². The summed E-state index contributed by atoms with van der Waals surface area (Å²) in [6, 6.07) is 12.6. The Kier molecular flexibility index (Phi) is 11.7. The van der Waals surface area contributed by atoms with Crippen LogP contribution >= 0.6 is 24.0 Å². The third-order valence-electron chi connectivity index (χ3n) is 5.42. The van der Waals surface area contributed by atoms with E-state index in [1.165, 1.54) is 12.1 Å². The highest BCUT2D eigenvalue weighted by Gasteiger charge is 2.24. The molecule has 2 aromatic rings. The zero-order chi connectivity index (χ0) is 22.8. The van der Waals surface area contributed by atoms with Gasteiger partial charge in [0.15, 0.2) is 17.5 Å². The molecule has 2 aromatic carbocycles. The van der Waals surface area contributed by atoms with Gasteiger partial charge in [-0.2, -0.15) is 0 Å². The summed E-state index contributed by atoms with van der Waals surface area (Å²) >= 11 is 0. The Bertz CT molecular complexity index is 877. The lowest BCUT2D eigenvalue weighted by Gasteiger charge is -2.35. The molecule has 1 unspecified atom stereocenters. The smallest absolute Gasteiger partial charge is 0.191 e. The number of aliphatic imine (C=N–C) groups is 1. The van der Waals surface area contributed by atoms with Crippen LogP contribution in [0.25, 0.3) is 0 Å². The predicted octanol–water partition coefficient (Wildman–Crippen LogP) is 3.59. The molecular weight excluding hydrogens is 538 g/mol. The van der Waals surface area contributed by atoms with Crippen LogP contribution in [0.2, 0.25) is 0 Å². The molecule has 0 aromatic heterocycles. The Labute approximate surface area is 212 Å². The van der Waals surface area contributed by atoms with Crippen molar-refractivity contribution in [2.45, 2.75) is 19.5 Å². The SMILES string of the molecule is CCNC(=NCc1ccc(F)cc1)NCC(c1ccc(OC)c(OC)c1)N1CCOCC1.I. The summed E-state index contributed by atoms with van der Waals surface area (Å²) in [6.45, 7) is 7.02. The number of rotatable bonds is 9. The third-order valence-corrected chi connectivity index (χ3v) is 5.42. The van der Waals surface area contributed by atoms with E-state index in [1.54, 1.807) is 26.4 Å². The highest BCUT2D eigenvalue weighted by atomic mass is 127. The van der Waals surface area contributed by atoms with Gasteiger partial charge in [0.25, 0.3) is 0 Å². The molecule has 0 saturated carbocycles. The summed E-state index contributed by atoms with van der Waals surface area (Å²) in [7, 11) is 3.29. The molecule has 0 amide bonds. The Morgan fingerprint density at radius 3 is 2.39 bits per heavy atom. The summed E-state index contributed by atoms with van der Waals surface area (Å²) in [5.74, 6) is 1.89. The summed E-state index contributed by atoms with van der Waals surface area (Å²) in [4.78, 5) is 7.07. The van der Waals surface area contributed by atoms with E-state index in [-0.39, 0.29) is 35.8 Å². The fourth-order valence-electron chi connectivity index (χ4n) is 3.70. The Balaban J connectivity index is 0.00000385. The highest BCUT2D eigenvalue weighted by Crippen LogP contribution is 2.32. The van der Waals surface area contributed by atoms with Crippen molar-refractivity contribution >= 4 is 29.9 Å². The molecule has 0 radical (unpaired) electrons. The number of ether oxygens (including phenoxy) is 3. The van der Waals surface area contributed by atoms with Gasteiger partial charge in [-0.05, 0) is 42.3 Å². The Hall–Kier alpha value is -2.11. The van der Waals surface area contributed by atoms with Crippen molar-refractivity contribution in [2.75, 3.05) is 53.6 Å². The van der Waals surface area contributed by atoms with Crippen molar-refractivity contribution in [1.29, 1.82) is 0 Å². The van der Waals surface area contributed by atoms with Crippen LogP contribution in [-0.2, 0) is 11.3 Å². The first kappa shape index (κ1) is 27.1. The minimum atomic E-state index is -0.244. The fraction of sp³-hybridized carbons (Fsp3) is 0.458. The van der Waals surface area contributed by atoms with Crippen LogP contribution in [0.5, 0.6) is 11.5 Å². The van der Waals surface area contributed by atoms with Crippen LogP contribution < -0.4 is 20.1 Å². The van der Waals surface area contributed by atoms with Crippen molar-refractivity contribution in [3.8, 4) is 11.5 Å². The molecule has 1 saturated heterocycles. The fourth-order valence-corrected chi connectivity index (χ4v) is 3.70. The molecule has 1 atom stereocenters. The molecule has 0 spiro atoms. The number of nitrogens with zero attached hydrogens (tertiary/aromatic N) is 2. The van der Waals surface area contributed by atoms with Crippen molar-refractivity contribution < 1.29 is 18.6 Å². The molecule has 1 heterocycles. The van der Waals surface area contributed by atoms with Crippen LogP contribution in [0, 0.1) is 5.82 Å². The number of guanidine groups is 1. The van der Waals surface area contributed by atoms with Gasteiger partial charge in [0.05, 0.1) is 40.0 Å². The number of benzene rings is 2. The largest absolute Gasteiger partial charge is 0.493 e. The quantitative estimate of drug-likeness (QED) is 0.272. The van der Waals surface area contributed by atoms with Crippen LogP contribution in [0.1, 0.15) is 24.1 Å². The molecule has 1 fully saturated rings. The van der Waals surface area contributed by atoms with Gasteiger partial charge in [0, 0.05) is 26.2 Å². The lowest BCUT2D eigenvalue weighted by atomic mass is 10.0. The number of hydrogen-bond donors (Lipinski definition) is 2. The monoisotopic (exact) mass is 572 g/mol. The normalized spacial score (nSPS) is 15.3. The molecule has 9 heteroatoms. The number of morpholine rings is 1. The molecule has 0 aliphatic carbocycles. The molecule has 2 N–H and O–H groups in total. The van der Waals surface area contributed by atoms with Crippen LogP contribution in [0.4, 0.5) is 4.39 Å². The van der Waals surface area contributed by atoms with Gasteiger partial charge in [-0.3, -0.25) is 4.90 Å². The Morgan fingerprint density at radius 2 is 1.76 bits per heavy atom. The Morgan fingerprint density at radius 1 is 1.06 bits per heavy atom.